The Morgan fingerprint density at radius 3 is 2.54 bits per heavy atom. The van der Waals surface area contributed by atoms with Crippen molar-refractivity contribution in [1.82, 2.24) is 9.97 Å². The van der Waals surface area contributed by atoms with Crippen LogP contribution >= 0.6 is 0 Å². The Balaban J connectivity index is 1.80. The quantitative estimate of drug-likeness (QED) is 0.804. The first-order valence-electron chi connectivity index (χ1n) is 8.13. The molecular weight excluding hydrogens is 298 g/mol. The van der Waals surface area contributed by atoms with Crippen LogP contribution in [0.5, 0.6) is 0 Å². The van der Waals surface area contributed by atoms with Gasteiger partial charge < -0.3 is 5.73 Å². The molecule has 0 bridgehead atoms. The van der Waals surface area contributed by atoms with Crippen molar-refractivity contribution in [2.45, 2.75) is 32.1 Å². The van der Waals surface area contributed by atoms with Gasteiger partial charge in [-0.25, -0.2) is 0 Å². The van der Waals surface area contributed by atoms with E-state index in [1.54, 1.807) is 0 Å². The largest absolute Gasteiger partial charge is 0.369 e. The Labute approximate surface area is 140 Å². The van der Waals surface area contributed by atoms with Gasteiger partial charge in [0.2, 0.25) is 5.91 Å². The lowest BCUT2D eigenvalue weighted by molar-refractivity contribution is -0.120. The lowest BCUT2D eigenvalue weighted by Crippen LogP contribution is -2.29. The summed E-state index contributed by atoms with van der Waals surface area (Å²) in [6.07, 6.45) is 5.35. The lowest BCUT2D eigenvalue weighted by Gasteiger charge is -2.12. The van der Waals surface area contributed by atoms with E-state index in [0.717, 1.165) is 46.1 Å². The van der Waals surface area contributed by atoms with Crippen molar-refractivity contribution in [3.63, 3.8) is 0 Å². The van der Waals surface area contributed by atoms with Crippen molar-refractivity contribution in [3.8, 4) is 11.1 Å². The molecule has 1 saturated carbocycles. The molecule has 2 N–H and O–H groups in total. The summed E-state index contributed by atoms with van der Waals surface area (Å²) in [5, 5.41) is 2.14. The molecule has 3 aromatic rings. The van der Waals surface area contributed by atoms with E-state index in [-0.39, 0.29) is 5.91 Å². The van der Waals surface area contributed by atoms with Gasteiger partial charge in [-0.1, -0.05) is 12.1 Å². The van der Waals surface area contributed by atoms with E-state index in [9.17, 15) is 4.79 Å². The van der Waals surface area contributed by atoms with Crippen molar-refractivity contribution in [1.29, 1.82) is 0 Å². The number of aryl methyl sites for hydroxylation is 2. The SMILES string of the molecule is Cc1cc(-c2ccc3cc(C4(C(N)=O)CC4)ncc3c2)c(C)cn1. The van der Waals surface area contributed by atoms with Crippen molar-refractivity contribution in [2.24, 2.45) is 5.73 Å². The number of carbonyl (C=O) groups is 1. The van der Waals surface area contributed by atoms with Gasteiger partial charge in [0.25, 0.3) is 0 Å². The van der Waals surface area contributed by atoms with Gasteiger partial charge >= 0.3 is 0 Å². The average Bonchev–Trinajstić information content (AvgIpc) is 3.38. The van der Waals surface area contributed by atoms with Crippen LogP contribution in [0.3, 0.4) is 0 Å². The van der Waals surface area contributed by atoms with Gasteiger partial charge in [-0.15, -0.1) is 0 Å². The zero-order valence-corrected chi connectivity index (χ0v) is 13.8. The van der Waals surface area contributed by atoms with Crippen molar-refractivity contribution in [2.75, 3.05) is 0 Å². The molecule has 0 aliphatic heterocycles. The monoisotopic (exact) mass is 317 g/mol. The zero-order valence-electron chi connectivity index (χ0n) is 13.8. The molecule has 2 aromatic heterocycles. The number of hydrogen-bond acceptors (Lipinski definition) is 3. The number of aromatic nitrogens is 2. The normalized spacial score (nSPS) is 15.4. The number of benzene rings is 1. The van der Waals surface area contributed by atoms with E-state index in [1.165, 1.54) is 5.56 Å². The highest BCUT2D eigenvalue weighted by atomic mass is 16.1. The summed E-state index contributed by atoms with van der Waals surface area (Å²) in [7, 11) is 0. The number of hydrogen-bond donors (Lipinski definition) is 1. The van der Waals surface area contributed by atoms with Crippen LogP contribution in [0.4, 0.5) is 0 Å². The minimum Gasteiger partial charge on any atom is -0.369 e. The van der Waals surface area contributed by atoms with Gasteiger partial charge in [-0.05, 0) is 67.0 Å². The molecule has 0 atom stereocenters. The highest BCUT2D eigenvalue weighted by Gasteiger charge is 2.51. The summed E-state index contributed by atoms with van der Waals surface area (Å²) in [6.45, 7) is 4.06. The molecule has 0 spiro atoms. The van der Waals surface area contributed by atoms with Crippen molar-refractivity contribution < 1.29 is 4.79 Å². The van der Waals surface area contributed by atoms with Crippen LogP contribution in [-0.4, -0.2) is 15.9 Å². The standard InChI is InChI=1S/C20H19N3O/c1-12-10-22-13(2)7-17(12)15-4-3-14-9-18(23-11-16(14)8-15)20(5-6-20)19(21)24/h3-4,7-11H,5-6H2,1-2H3,(H2,21,24). The number of fused-ring (bicyclic) bond motifs is 1. The van der Waals surface area contributed by atoms with Crippen LogP contribution in [-0.2, 0) is 10.2 Å². The molecule has 0 radical (unpaired) electrons. The van der Waals surface area contributed by atoms with Gasteiger partial charge in [0.15, 0.2) is 0 Å². The highest BCUT2D eigenvalue weighted by molar-refractivity contribution is 5.92. The molecule has 2 heterocycles. The van der Waals surface area contributed by atoms with Gasteiger partial charge in [0.05, 0.1) is 11.1 Å². The topological polar surface area (TPSA) is 68.9 Å². The van der Waals surface area contributed by atoms with E-state index in [4.69, 9.17) is 5.73 Å². The van der Waals surface area contributed by atoms with Gasteiger partial charge in [-0.3, -0.25) is 14.8 Å². The van der Waals surface area contributed by atoms with Crippen LogP contribution in [0.2, 0.25) is 0 Å². The fourth-order valence-corrected chi connectivity index (χ4v) is 3.26. The minimum atomic E-state index is -0.536. The third kappa shape index (κ3) is 2.26. The van der Waals surface area contributed by atoms with E-state index in [1.807, 2.05) is 25.4 Å². The summed E-state index contributed by atoms with van der Waals surface area (Å²) in [6, 6.07) is 10.4. The molecule has 1 aliphatic rings. The first-order chi connectivity index (χ1) is 11.5. The molecule has 120 valence electrons. The Bertz CT molecular complexity index is 974. The van der Waals surface area contributed by atoms with Gasteiger partial charge in [0.1, 0.15) is 0 Å². The maximum absolute atomic E-state index is 11.7. The van der Waals surface area contributed by atoms with E-state index in [2.05, 4.69) is 41.2 Å². The maximum atomic E-state index is 11.7. The van der Waals surface area contributed by atoms with E-state index < -0.39 is 5.41 Å². The Kier molecular flexibility index (Phi) is 3.17. The fraction of sp³-hybridized carbons (Fsp3) is 0.250. The molecule has 0 unspecified atom stereocenters. The predicted molar refractivity (Wildman–Crippen MR) is 94.6 cm³/mol. The van der Waals surface area contributed by atoms with Crippen molar-refractivity contribution >= 4 is 16.7 Å². The number of primary amides is 1. The molecule has 1 fully saturated rings. The number of carbonyl (C=O) groups excluding carboxylic acids is 1. The van der Waals surface area contributed by atoms with Crippen LogP contribution in [0.15, 0.2) is 42.7 Å². The predicted octanol–water partition coefficient (Wildman–Crippen LogP) is 3.43. The number of pyridine rings is 2. The second kappa shape index (κ2) is 5.13. The molecule has 0 saturated heterocycles. The Hall–Kier alpha value is -2.75. The molecule has 1 aliphatic carbocycles. The highest BCUT2D eigenvalue weighted by Crippen LogP contribution is 2.47. The molecule has 1 aromatic carbocycles. The second-order valence-corrected chi connectivity index (χ2v) is 6.72. The zero-order chi connectivity index (χ0) is 16.9. The van der Waals surface area contributed by atoms with E-state index >= 15 is 0 Å². The third-order valence-corrected chi connectivity index (χ3v) is 4.98. The summed E-state index contributed by atoms with van der Waals surface area (Å²) in [5.74, 6) is -0.270. The third-order valence-electron chi connectivity index (χ3n) is 4.98. The number of amides is 1. The average molecular weight is 317 g/mol. The maximum Gasteiger partial charge on any atom is 0.229 e. The molecule has 4 nitrogen and oxygen atoms in total. The van der Waals surface area contributed by atoms with Gasteiger partial charge in [0, 0.05) is 23.5 Å². The van der Waals surface area contributed by atoms with Crippen molar-refractivity contribution in [3.05, 3.63) is 59.7 Å². The number of nitrogens with zero attached hydrogens (tertiary/aromatic N) is 2. The first-order valence-corrected chi connectivity index (χ1v) is 8.13. The Morgan fingerprint density at radius 1 is 1.04 bits per heavy atom. The van der Waals surface area contributed by atoms with Gasteiger partial charge in [-0.2, -0.15) is 0 Å². The van der Waals surface area contributed by atoms with Crippen LogP contribution in [0.25, 0.3) is 21.9 Å². The second-order valence-electron chi connectivity index (χ2n) is 6.72. The number of nitrogens with two attached hydrogens (primary N) is 1. The fourth-order valence-electron chi connectivity index (χ4n) is 3.26. The number of rotatable bonds is 3. The molecule has 4 heteroatoms. The molecular formula is C20H19N3O. The Morgan fingerprint density at radius 2 is 1.83 bits per heavy atom. The van der Waals surface area contributed by atoms with Crippen LogP contribution < -0.4 is 5.73 Å². The summed E-state index contributed by atoms with van der Waals surface area (Å²) < 4.78 is 0. The molecule has 4 rings (SSSR count). The smallest absolute Gasteiger partial charge is 0.229 e. The van der Waals surface area contributed by atoms with E-state index in [0.29, 0.717) is 0 Å². The van der Waals surface area contributed by atoms with Crippen LogP contribution in [0, 0.1) is 13.8 Å². The minimum absolute atomic E-state index is 0.270. The first kappa shape index (κ1) is 14.8. The summed E-state index contributed by atoms with van der Waals surface area (Å²) in [5.41, 5.74) is 10.3. The summed E-state index contributed by atoms with van der Waals surface area (Å²) in [4.78, 5) is 20.6. The van der Waals surface area contributed by atoms with Crippen LogP contribution in [0.1, 0.15) is 29.8 Å². The lowest BCUT2D eigenvalue weighted by atomic mass is 9.96. The molecule has 24 heavy (non-hydrogen) atoms. The molecule has 1 amide bonds. The summed E-state index contributed by atoms with van der Waals surface area (Å²) >= 11 is 0.